The van der Waals surface area contributed by atoms with Crippen LogP contribution in [-0.2, 0) is 6.54 Å². The summed E-state index contributed by atoms with van der Waals surface area (Å²) in [6.07, 6.45) is -0.662. The van der Waals surface area contributed by atoms with Crippen LogP contribution in [0.2, 0.25) is 0 Å². The summed E-state index contributed by atoms with van der Waals surface area (Å²) in [6, 6.07) is 1.06. The number of imidazole rings is 1. The lowest BCUT2D eigenvalue weighted by molar-refractivity contribution is 0.00582. The summed E-state index contributed by atoms with van der Waals surface area (Å²) in [5, 5.41) is 6.66. The molecule has 1 aromatic carbocycles. The lowest BCUT2D eigenvalue weighted by Gasteiger charge is -2.19. The van der Waals surface area contributed by atoms with Gasteiger partial charge >= 0.3 is 0 Å². The van der Waals surface area contributed by atoms with Gasteiger partial charge in [0.2, 0.25) is 11.8 Å². The molecule has 4 heterocycles. The second-order valence-electron chi connectivity index (χ2n) is 8.36. The Hall–Kier alpha value is -3.55. The van der Waals surface area contributed by atoms with Crippen molar-refractivity contribution in [2.45, 2.75) is 24.9 Å². The smallest absolute Gasteiger partial charge is 0.281 e. The van der Waals surface area contributed by atoms with Crippen molar-refractivity contribution in [3.63, 3.8) is 0 Å². The van der Waals surface area contributed by atoms with E-state index in [0.717, 1.165) is 27.7 Å². The van der Waals surface area contributed by atoms with Crippen molar-refractivity contribution in [2.24, 2.45) is 0 Å². The molecule has 4 aromatic rings. The van der Waals surface area contributed by atoms with Crippen LogP contribution in [0.4, 0.5) is 32.3 Å². The van der Waals surface area contributed by atoms with Crippen LogP contribution in [0.3, 0.4) is 0 Å². The van der Waals surface area contributed by atoms with Gasteiger partial charge in [0, 0.05) is 6.54 Å². The topological polar surface area (TPSA) is 72.5 Å². The first-order chi connectivity index (χ1) is 16.6. The van der Waals surface area contributed by atoms with Crippen molar-refractivity contribution < 1.29 is 31.1 Å². The van der Waals surface area contributed by atoms with E-state index >= 15 is 4.39 Å². The van der Waals surface area contributed by atoms with Gasteiger partial charge in [-0.15, -0.1) is 5.10 Å². The largest absolute Gasteiger partial charge is 0.479 e. The van der Waals surface area contributed by atoms with E-state index in [9.17, 15) is 22.0 Å². The fraction of sp³-hybridized carbons (Fsp3) is 0.381. The molecule has 14 heteroatoms. The van der Waals surface area contributed by atoms with Crippen molar-refractivity contribution >= 4 is 22.5 Å². The van der Waals surface area contributed by atoms with Crippen LogP contribution in [0.1, 0.15) is 0 Å². The molecule has 186 valence electrons. The van der Waals surface area contributed by atoms with Gasteiger partial charge in [-0.25, -0.2) is 35.8 Å². The predicted octanol–water partition coefficient (Wildman–Crippen LogP) is 3.66. The molecule has 1 atom stereocenters. The molecule has 35 heavy (non-hydrogen) atoms. The summed E-state index contributed by atoms with van der Waals surface area (Å²) in [7, 11) is 2.80. The Morgan fingerprint density at radius 1 is 1.23 bits per heavy atom. The number of likely N-dealkylation sites (tertiary alicyclic amines) is 1. The maximum absolute atomic E-state index is 15.1. The van der Waals surface area contributed by atoms with Gasteiger partial charge in [-0.05, 0) is 24.7 Å². The van der Waals surface area contributed by atoms with Crippen LogP contribution in [-0.4, -0.2) is 74.7 Å². The van der Waals surface area contributed by atoms with Crippen LogP contribution in [0.5, 0.6) is 5.88 Å². The average Bonchev–Trinajstić information content (AvgIpc) is 3.39. The normalized spacial score (nSPS) is 18.3. The molecule has 1 fully saturated rings. The number of aromatic nitrogens is 5. The second kappa shape index (κ2) is 8.29. The zero-order valence-electron chi connectivity index (χ0n) is 18.4. The number of fused-ring (bicyclic) bond motifs is 2. The quantitative estimate of drug-likeness (QED) is 0.409. The van der Waals surface area contributed by atoms with E-state index in [1.165, 1.54) is 18.1 Å². The Bertz CT molecular complexity index is 1420. The Morgan fingerprint density at radius 3 is 2.66 bits per heavy atom. The monoisotopic (exact) mass is 499 g/mol. The highest BCUT2D eigenvalue weighted by atomic mass is 19.3. The number of ether oxygens (including phenoxy) is 1. The zero-order chi connectivity index (χ0) is 25.1. The first-order valence-corrected chi connectivity index (χ1v) is 10.5. The number of nitrogens with zero attached hydrogens (tertiary/aromatic N) is 6. The highest BCUT2D eigenvalue weighted by Gasteiger charge is 2.47. The molecular formula is C21H19F6N7O. The van der Waals surface area contributed by atoms with Gasteiger partial charge in [0.1, 0.15) is 17.1 Å². The fourth-order valence-electron chi connectivity index (χ4n) is 4.35. The number of halogens is 6. The van der Waals surface area contributed by atoms with E-state index in [2.05, 4.69) is 20.4 Å². The van der Waals surface area contributed by atoms with Crippen molar-refractivity contribution in [1.29, 1.82) is 0 Å². The molecule has 0 amide bonds. The number of nitrogens with one attached hydrogen (secondary N) is 1. The zero-order valence-corrected chi connectivity index (χ0v) is 18.4. The summed E-state index contributed by atoms with van der Waals surface area (Å²) in [4.78, 5) is 9.38. The molecule has 1 aliphatic heterocycles. The highest BCUT2D eigenvalue weighted by molar-refractivity contribution is 5.90. The minimum atomic E-state index is -3.04. The van der Waals surface area contributed by atoms with Crippen LogP contribution >= 0.6 is 0 Å². The molecule has 5 rings (SSSR count). The van der Waals surface area contributed by atoms with E-state index in [1.54, 1.807) is 7.05 Å². The van der Waals surface area contributed by atoms with Crippen LogP contribution in [0, 0.1) is 11.6 Å². The van der Waals surface area contributed by atoms with E-state index < -0.39 is 43.1 Å². The second-order valence-corrected chi connectivity index (χ2v) is 8.36. The van der Waals surface area contributed by atoms with Gasteiger partial charge in [-0.2, -0.15) is 4.98 Å². The third kappa shape index (κ3) is 4.00. The Morgan fingerprint density at radius 2 is 2.00 bits per heavy atom. The number of alkyl halides is 4. The molecule has 0 aliphatic carbocycles. The lowest BCUT2D eigenvalue weighted by atomic mass is 10.1. The first kappa shape index (κ1) is 23.2. The van der Waals surface area contributed by atoms with Gasteiger partial charge in [0.15, 0.2) is 11.6 Å². The molecule has 0 bridgehead atoms. The maximum atomic E-state index is 15.1. The minimum absolute atomic E-state index is 0.00419. The molecule has 1 aliphatic rings. The predicted molar refractivity (Wildman–Crippen MR) is 114 cm³/mol. The summed E-state index contributed by atoms with van der Waals surface area (Å²) < 4.78 is 91.6. The molecule has 0 radical (unpaired) electrons. The third-order valence-electron chi connectivity index (χ3n) is 5.84. The van der Waals surface area contributed by atoms with Crippen LogP contribution in [0.15, 0.2) is 24.7 Å². The minimum Gasteiger partial charge on any atom is -0.479 e. The molecule has 1 saturated heterocycles. The first-order valence-electron chi connectivity index (χ1n) is 10.5. The fourth-order valence-corrected chi connectivity index (χ4v) is 4.35. The number of anilines is 1. The van der Waals surface area contributed by atoms with E-state index in [0.29, 0.717) is 0 Å². The lowest BCUT2D eigenvalue weighted by Crippen LogP contribution is -2.38. The summed E-state index contributed by atoms with van der Waals surface area (Å²) in [5.41, 5.74) is -0.229. The number of benzene rings is 1. The number of methoxy groups -OCH3 is 1. The Labute approximate surface area is 194 Å². The molecule has 0 saturated carbocycles. The Balaban J connectivity index is 1.62. The Kier molecular flexibility index (Phi) is 5.49. The van der Waals surface area contributed by atoms with Gasteiger partial charge in [0.05, 0.1) is 43.8 Å². The molecular weight excluding hydrogens is 480 g/mol. The van der Waals surface area contributed by atoms with Crippen molar-refractivity contribution in [3.8, 4) is 17.0 Å². The number of likely N-dealkylation sites (N-methyl/N-ethyl adjacent to an activating group) is 1. The molecule has 0 spiro atoms. The van der Waals surface area contributed by atoms with Crippen molar-refractivity contribution in [2.75, 3.05) is 32.6 Å². The summed E-state index contributed by atoms with van der Waals surface area (Å²) >= 11 is 0. The molecule has 8 nitrogen and oxygen atoms in total. The van der Waals surface area contributed by atoms with E-state index in [1.807, 2.05) is 0 Å². The number of hydrogen-bond donors (Lipinski definition) is 1. The maximum Gasteiger partial charge on any atom is 0.281 e. The van der Waals surface area contributed by atoms with Crippen molar-refractivity contribution in [3.05, 3.63) is 36.3 Å². The summed E-state index contributed by atoms with van der Waals surface area (Å²) in [6.45, 7) is -1.13. The van der Waals surface area contributed by atoms with E-state index in [4.69, 9.17) is 4.74 Å². The highest BCUT2D eigenvalue weighted by Crippen LogP contribution is 2.37. The van der Waals surface area contributed by atoms with Crippen LogP contribution in [0.25, 0.3) is 27.7 Å². The van der Waals surface area contributed by atoms with Gasteiger partial charge in [-0.1, -0.05) is 0 Å². The molecule has 0 unspecified atom stereocenters. The van der Waals surface area contributed by atoms with Gasteiger partial charge in [-0.3, -0.25) is 4.90 Å². The number of hydrogen-bond acceptors (Lipinski definition) is 6. The van der Waals surface area contributed by atoms with Gasteiger partial charge in [0.25, 0.3) is 12.3 Å². The summed E-state index contributed by atoms with van der Waals surface area (Å²) in [5.74, 6) is -5.08. The molecule has 1 N–H and O–H groups in total. The van der Waals surface area contributed by atoms with E-state index in [-0.39, 0.29) is 46.1 Å². The van der Waals surface area contributed by atoms with Crippen molar-refractivity contribution in [1.82, 2.24) is 29.0 Å². The average molecular weight is 499 g/mol. The standard InChI is InChI=1S/C21H19F6N7O/c1-32-6-14(21(26,27)8-32)29-20-30-19(35-2)18-16(12(23)5-34(18)31-20)10-3-11(22)17-13(4-10)33(9-28-17)7-15(24)25/h3-5,9,14-15H,6-8H2,1-2H3,(H,29,31)/t14-/m1/s1. The SMILES string of the molecule is COc1nc(N[C@@H]2CN(C)CC2(F)F)nn2cc(F)c(-c3cc(F)c4ncn(CC(F)F)c4c3)c12. The molecule has 3 aromatic heterocycles. The van der Waals surface area contributed by atoms with Gasteiger partial charge < -0.3 is 14.6 Å². The number of rotatable bonds is 6. The van der Waals surface area contributed by atoms with Crippen LogP contribution < -0.4 is 10.1 Å². The third-order valence-corrected chi connectivity index (χ3v) is 5.84.